The molecule has 0 fully saturated rings. The van der Waals surface area contributed by atoms with Crippen molar-refractivity contribution in [1.29, 1.82) is 0 Å². The molecule has 3 aromatic rings. The van der Waals surface area contributed by atoms with Gasteiger partial charge in [0.1, 0.15) is 17.4 Å². The van der Waals surface area contributed by atoms with E-state index in [-0.39, 0.29) is 11.8 Å². The number of hydrogen-bond acceptors (Lipinski definition) is 6. The third-order valence-corrected chi connectivity index (χ3v) is 7.47. The van der Waals surface area contributed by atoms with Gasteiger partial charge in [-0.2, -0.15) is 0 Å². The minimum absolute atomic E-state index is 0.299. The molecular weight excluding hydrogens is 684 g/mol. The zero-order valence-electron chi connectivity index (χ0n) is 19.8. The maximum atomic E-state index is 13.3. The van der Waals surface area contributed by atoms with Crippen LogP contribution in [0.3, 0.4) is 0 Å². The molecule has 36 heavy (non-hydrogen) atoms. The SMILES string of the molecule is COc1cc(CI)cc(C(=O)Nc2ccc(CI)cn2)c1NC(=O)c1ccc(C2=NCCN2C)cc1. The second-order valence-electron chi connectivity index (χ2n) is 8.15. The van der Waals surface area contributed by atoms with E-state index in [0.717, 1.165) is 40.0 Å². The van der Waals surface area contributed by atoms with Gasteiger partial charge in [0.15, 0.2) is 0 Å². The molecule has 8 nitrogen and oxygen atoms in total. The van der Waals surface area contributed by atoms with E-state index in [9.17, 15) is 9.59 Å². The first-order valence-electron chi connectivity index (χ1n) is 11.2. The molecule has 0 aliphatic carbocycles. The van der Waals surface area contributed by atoms with Crippen molar-refractivity contribution in [3.05, 3.63) is 82.5 Å². The summed E-state index contributed by atoms with van der Waals surface area (Å²) in [6.45, 7) is 1.65. The van der Waals surface area contributed by atoms with E-state index in [1.54, 1.807) is 30.5 Å². The van der Waals surface area contributed by atoms with Gasteiger partial charge < -0.3 is 20.3 Å². The van der Waals surface area contributed by atoms with Gasteiger partial charge in [0, 0.05) is 39.8 Å². The molecule has 0 saturated heterocycles. The predicted molar refractivity (Wildman–Crippen MR) is 159 cm³/mol. The zero-order valence-corrected chi connectivity index (χ0v) is 24.2. The lowest BCUT2D eigenvalue weighted by Crippen LogP contribution is -2.23. The Kier molecular flexibility index (Phi) is 8.77. The van der Waals surface area contributed by atoms with Crippen LogP contribution in [0.25, 0.3) is 0 Å². The normalized spacial score (nSPS) is 12.8. The van der Waals surface area contributed by atoms with Gasteiger partial charge in [-0.15, -0.1) is 0 Å². The van der Waals surface area contributed by atoms with Gasteiger partial charge in [0.25, 0.3) is 11.8 Å². The molecule has 0 saturated carbocycles. The van der Waals surface area contributed by atoms with Crippen molar-refractivity contribution in [2.24, 2.45) is 4.99 Å². The lowest BCUT2D eigenvalue weighted by molar-refractivity contribution is 0.102. The Balaban J connectivity index is 1.61. The van der Waals surface area contributed by atoms with Gasteiger partial charge >= 0.3 is 0 Å². The summed E-state index contributed by atoms with van der Waals surface area (Å²) >= 11 is 4.48. The van der Waals surface area contributed by atoms with E-state index in [1.165, 1.54) is 7.11 Å². The molecule has 0 bridgehead atoms. The number of pyridine rings is 1. The first-order chi connectivity index (χ1) is 17.4. The number of aromatic nitrogens is 1. The lowest BCUT2D eigenvalue weighted by atomic mass is 10.1. The Morgan fingerprint density at radius 2 is 1.75 bits per heavy atom. The highest BCUT2D eigenvalue weighted by Crippen LogP contribution is 2.32. The molecular formula is C26H25I2N5O3. The standard InChI is InChI=1S/C26H25I2N5O3/c1-33-10-9-29-24(33)18-4-6-19(7-5-18)25(34)32-23-20(11-17(14-28)12-21(23)36-2)26(35)31-22-8-3-16(13-27)15-30-22/h3-8,11-12,15H,9-10,13-14H2,1-2H3,(H,32,34)(H,30,31,35). The van der Waals surface area contributed by atoms with E-state index in [4.69, 9.17) is 4.74 Å². The Morgan fingerprint density at radius 3 is 2.33 bits per heavy atom. The first-order valence-corrected chi connectivity index (χ1v) is 14.2. The van der Waals surface area contributed by atoms with E-state index >= 15 is 0 Å². The summed E-state index contributed by atoms with van der Waals surface area (Å²) in [4.78, 5) is 37.4. The van der Waals surface area contributed by atoms with Crippen LogP contribution in [0.1, 0.15) is 37.4 Å². The van der Waals surface area contributed by atoms with Crippen LogP contribution < -0.4 is 15.4 Å². The number of carbonyl (C=O) groups excluding carboxylic acids is 2. The highest BCUT2D eigenvalue weighted by Gasteiger charge is 2.21. The van der Waals surface area contributed by atoms with Crippen molar-refractivity contribution in [2.45, 2.75) is 8.86 Å². The number of likely N-dealkylation sites (N-methyl/N-ethyl adjacent to an activating group) is 1. The number of aliphatic imine (C=N–C) groups is 1. The fourth-order valence-electron chi connectivity index (χ4n) is 3.78. The zero-order chi connectivity index (χ0) is 25.7. The minimum Gasteiger partial charge on any atom is -0.495 e. The van der Waals surface area contributed by atoms with Crippen molar-refractivity contribution in [1.82, 2.24) is 9.88 Å². The van der Waals surface area contributed by atoms with Crippen molar-refractivity contribution in [2.75, 3.05) is 37.9 Å². The summed E-state index contributed by atoms with van der Waals surface area (Å²) < 4.78 is 7.06. The number of ether oxygens (including phenoxy) is 1. The van der Waals surface area contributed by atoms with Gasteiger partial charge in [-0.1, -0.05) is 63.4 Å². The van der Waals surface area contributed by atoms with Crippen LogP contribution in [-0.2, 0) is 8.86 Å². The van der Waals surface area contributed by atoms with E-state index in [2.05, 4.69) is 70.7 Å². The van der Waals surface area contributed by atoms with Crippen LogP contribution >= 0.6 is 45.2 Å². The maximum absolute atomic E-state index is 13.3. The van der Waals surface area contributed by atoms with Crippen molar-refractivity contribution < 1.29 is 14.3 Å². The molecule has 0 atom stereocenters. The predicted octanol–water partition coefficient (Wildman–Crippen LogP) is 5.16. The summed E-state index contributed by atoms with van der Waals surface area (Å²) in [6, 6.07) is 14.5. The number of rotatable bonds is 8. The Labute approximate surface area is 237 Å². The van der Waals surface area contributed by atoms with Gasteiger partial charge in [-0.3, -0.25) is 14.6 Å². The monoisotopic (exact) mass is 709 g/mol. The number of nitrogens with zero attached hydrogens (tertiary/aromatic N) is 3. The highest BCUT2D eigenvalue weighted by atomic mass is 127. The second kappa shape index (κ2) is 12.0. The molecule has 2 N–H and O–H groups in total. The third kappa shape index (κ3) is 5.97. The second-order valence-corrected chi connectivity index (χ2v) is 9.68. The fraction of sp³-hybridized carbons (Fsp3) is 0.231. The number of methoxy groups -OCH3 is 1. The number of hydrogen-bond donors (Lipinski definition) is 2. The molecule has 2 amide bonds. The van der Waals surface area contributed by atoms with Crippen LogP contribution in [0.5, 0.6) is 5.75 Å². The number of amidine groups is 1. The van der Waals surface area contributed by atoms with Crippen molar-refractivity contribution in [3.8, 4) is 5.75 Å². The molecule has 1 aliphatic heterocycles. The summed E-state index contributed by atoms with van der Waals surface area (Å²) in [7, 11) is 3.51. The molecule has 0 spiro atoms. The topological polar surface area (TPSA) is 95.9 Å². The Hall–Kier alpha value is -2.74. The number of halogens is 2. The number of amides is 2. The molecule has 186 valence electrons. The van der Waals surface area contributed by atoms with Gasteiger partial charge in [-0.25, -0.2) is 4.98 Å². The minimum atomic E-state index is -0.386. The summed E-state index contributed by atoms with van der Waals surface area (Å²) in [5, 5.41) is 5.72. The molecule has 0 radical (unpaired) electrons. The van der Waals surface area contributed by atoms with E-state index in [1.807, 2.05) is 31.3 Å². The van der Waals surface area contributed by atoms with Crippen molar-refractivity contribution in [3.63, 3.8) is 0 Å². The number of alkyl halides is 2. The average molecular weight is 709 g/mol. The summed E-state index contributed by atoms with van der Waals surface area (Å²) in [6.07, 6.45) is 1.73. The highest BCUT2D eigenvalue weighted by molar-refractivity contribution is 14.1. The number of benzene rings is 2. The number of anilines is 2. The van der Waals surface area contributed by atoms with E-state index < -0.39 is 0 Å². The molecule has 2 aromatic carbocycles. The van der Waals surface area contributed by atoms with Crippen LogP contribution in [0, 0.1) is 0 Å². The van der Waals surface area contributed by atoms with Crippen molar-refractivity contribution >= 4 is 74.3 Å². The lowest BCUT2D eigenvalue weighted by Gasteiger charge is -2.17. The largest absolute Gasteiger partial charge is 0.495 e. The van der Waals surface area contributed by atoms with Crippen LogP contribution in [-0.4, -0.2) is 54.8 Å². The third-order valence-electron chi connectivity index (χ3n) is 5.70. The van der Waals surface area contributed by atoms with Gasteiger partial charge in [-0.05, 0) is 41.5 Å². The molecule has 4 rings (SSSR count). The first kappa shape index (κ1) is 26.3. The fourth-order valence-corrected chi connectivity index (χ4v) is 4.67. The van der Waals surface area contributed by atoms with Crippen LogP contribution in [0.4, 0.5) is 11.5 Å². The van der Waals surface area contributed by atoms with Gasteiger partial charge in [0.2, 0.25) is 0 Å². The Bertz CT molecular complexity index is 1290. The Morgan fingerprint density at radius 1 is 1.00 bits per heavy atom. The smallest absolute Gasteiger partial charge is 0.259 e. The molecule has 1 aliphatic rings. The molecule has 10 heteroatoms. The molecule has 2 heterocycles. The van der Waals surface area contributed by atoms with Crippen LogP contribution in [0.2, 0.25) is 0 Å². The molecule has 0 unspecified atom stereocenters. The quantitative estimate of drug-likeness (QED) is 0.249. The van der Waals surface area contributed by atoms with E-state index in [0.29, 0.717) is 32.8 Å². The molecule has 1 aromatic heterocycles. The number of nitrogens with one attached hydrogen (secondary N) is 2. The summed E-state index contributed by atoms with van der Waals surface area (Å²) in [5.41, 5.74) is 3.98. The number of carbonyl (C=O) groups is 2. The summed E-state index contributed by atoms with van der Waals surface area (Å²) in [5.74, 6) is 1.02. The van der Waals surface area contributed by atoms with Crippen LogP contribution in [0.15, 0.2) is 59.7 Å². The van der Waals surface area contributed by atoms with Gasteiger partial charge in [0.05, 0.1) is 24.9 Å². The maximum Gasteiger partial charge on any atom is 0.259 e. The average Bonchev–Trinajstić information content (AvgIpc) is 3.34.